The molecule has 0 radical (unpaired) electrons. The lowest BCUT2D eigenvalue weighted by Crippen LogP contribution is -2.42. The van der Waals surface area contributed by atoms with Gasteiger partial charge in [0, 0.05) is 42.7 Å². The highest BCUT2D eigenvalue weighted by Crippen LogP contribution is 2.33. The molecule has 2 heterocycles. The van der Waals surface area contributed by atoms with Gasteiger partial charge in [-0.15, -0.1) is 0 Å². The highest BCUT2D eigenvalue weighted by molar-refractivity contribution is 7.91. The van der Waals surface area contributed by atoms with Crippen LogP contribution in [-0.4, -0.2) is 48.4 Å². The lowest BCUT2D eigenvalue weighted by Gasteiger charge is -2.24. The van der Waals surface area contributed by atoms with Crippen LogP contribution in [0.2, 0.25) is 0 Å². The van der Waals surface area contributed by atoms with Crippen molar-refractivity contribution in [2.45, 2.75) is 52.3 Å². The molecule has 1 N–H and O–H groups in total. The fourth-order valence-electron chi connectivity index (χ4n) is 3.16. The molecule has 1 saturated heterocycles. The molecular formula is C15H27N3O3S. The maximum Gasteiger partial charge on any atom is 0.151 e. The van der Waals surface area contributed by atoms with Crippen LogP contribution in [0, 0.1) is 13.8 Å². The first-order valence-electron chi connectivity index (χ1n) is 7.83. The minimum Gasteiger partial charge on any atom is -0.372 e. The Morgan fingerprint density at radius 1 is 1.45 bits per heavy atom. The Labute approximate surface area is 133 Å². The van der Waals surface area contributed by atoms with Gasteiger partial charge in [0.15, 0.2) is 9.84 Å². The van der Waals surface area contributed by atoms with Crippen molar-refractivity contribution in [3.63, 3.8) is 0 Å². The van der Waals surface area contributed by atoms with E-state index < -0.39 is 9.84 Å². The minimum atomic E-state index is -2.97. The van der Waals surface area contributed by atoms with Crippen LogP contribution in [0.5, 0.6) is 0 Å². The molecule has 6 nitrogen and oxygen atoms in total. The van der Waals surface area contributed by atoms with Gasteiger partial charge in [-0.2, -0.15) is 5.10 Å². The smallest absolute Gasteiger partial charge is 0.151 e. The summed E-state index contributed by atoms with van der Waals surface area (Å²) in [4.78, 5) is 0. The summed E-state index contributed by atoms with van der Waals surface area (Å²) >= 11 is 0. The van der Waals surface area contributed by atoms with E-state index in [0.29, 0.717) is 6.61 Å². The van der Waals surface area contributed by atoms with Crippen molar-refractivity contribution in [1.29, 1.82) is 0 Å². The number of rotatable bonds is 6. The molecule has 1 fully saturated rings. The lowest BCUT2D eigenvalue weighted by atomic mass is 10.00. The molecule has 2 rings (SSSR count). The zero-order valence-electron chi connectivity index (χ0n) is 14.1. The predicted octanol–water partition coefficient (Wildman–Crippen LogP) is 1.28. The number of nitrogens with one attached hydrogen (secondary N) is 1. The normalized spacial score (nSPS) is 23.9. The van der Waals surface area contributed by atoms with E-state index in [9.17, 15) is 8.42 Å². The van der Waals surface area contributed by atoms with Gasteiger partial charge < -0.3 is 10.1 Å². The fraction of sp³-hybridized carbons (Fsp3) is 0.800. The summed E-state index contributed by atoms with van der Waals surface area (Å²) in [5.74, 6) is 0.349. The average Bonchev–Trinajstić information content (AvgIpc) is 2.95. The quantitative estimate of drug-likeness (QED) is 0.851. The number of sulfone groups is 1. The molecule has 0 amide bonds. The van der Waals surface area contributed by atoms with E-state index in [1.165, 1.54) is 0 Å². The second-order valence-corrected chi connectivity index (χ2v) is 8.56. The topological polar surface area (TPSA) is 73.2 Å². The van der Waals surface area contributed by atoms with Crippen molar-refractivity contribution in [2.75, 3.05) is 18.1 Å². The highest BCUT2D eigenvalue weighted by Gasteiger charge is 2.34. The number of aryl methyl sites for hydroxylation is 2. The summed E-state index contributed by atoms with van der Waals surface area (Å²) in [6.07, 6.45) is 0.829. The van der Waals surface area contributed by atoms with Gasteiger partial charge in [0.05, 0.1) is 11.4 Å². The summed E-state index contributed by atoms with van der Waals surface area (Å²) in [5.41, 5.74) is 3.21. The maximum absolute atomic E-state index is 11.8. The van der Waals surface area contributed by atoms with Crippen LogP contribution < -0.4 is 5.32 Å². The van der Waals surface area contributed by atoms with E-state index in [0.717, 1.165) is 23.4 Å². The van der Waals surface area contributed by atoms with Gasteiger partial charge in [-0.05, 0) is 27.2 Å². The second-order valence-electron chi connectivity index (χ2n) is 6.16. The zero-order valence-corrected chi connectivity index (χ0v) is 14.9. The third kappa shape index (κ3) is 3.70. The van der Waals surface area contributed by atoms with Crippen molar-refractivity contribution >= 4 is 9.84 Å². The zero-order chi connectivity index (χ0) is 16.5. The molecular weight excluding hydrogens is 302 g/mol. The van der Waals surface area contributed by atoms with Gasteiger partial charge in [-0.25, -0.2) is 8.42 Å². The van der Waals surface area contributed by atoms with Crippen LogP contribution >= 0.6 is 0 Å². The molecule has 7 heteroatoms. The SMILES string of the molecule is CCS(=O)(=O)CC(C)N[C@H]1CCO[C@@H]1c1c(C)nn(C)c1C. The van der Waals surface area contributed by atoms with Crippen LogP contribution in [0.15, 0.2) is 0 Å². The van der Waals surface area contributed by atoms with E-state index in [2.05, 4.69) is 10.4 Å². The molecule has 1 aromatic heterocycles. The average molecular weight is 329 g/mol. The Hall–Kier alpha value is -0.920. The first kappa shape index (κ1) is 17.4. The Morgan fingerprint density at radius 3 is 2.68 bits per heavy atom. The Kier molecular flexibility index (Phi) is 5.29. The van der Waals surface area contributed by atoms with Crippen molar-refractivity contribution in [3.8, 4) is 0 Å². The first-order chi connectivity index (χ1) is 10.2. The fourth-order valence-corrected chi connectivity index (χ4v) is 4.25. The molecule has 126 valence electrons. The molecule has 22 heavy (non-hydrogen) atoms. The molecule has 1 unspecified atom stereocenters. The number of aromatic nitrogens is 2. The maximum atomic E-state index is 11.8. The Balaban J connectivity index is 2.11. The van der Waals surface area contributed by atoms with Crippen LogP contribution in [0.25, 0.3) is 0 Å². The summed E-state index contributed by atoms with van der Waals surface area (Å²) in [6, 6.07) is 0.0417. The van der Waals surface area contributed by atoms with Gasteiger partial charge in [0.2, 0.25) is 0 Å². The number of hydrogen-bond donors (Lipinski definition) is 1. The summed E-state index contributed by atoms with van der Waals surface area (Å²) in [7, 11) is -1.04. The Bertz CT molecular complexity index is 624. The standard InChI is InChI=1S/C15H27N3O3S/c1-6-22(19,20)9-10(2)16-13-7-8-21-15(13)14-11(3)17-18(5)12(14)4/h10,13,15-16H,6-9H2,1-5H3/t10?,13-,15-/m0/s1. The van der Waals surface area contributed by atoms with Crippen LogP contribution in [-0.2, 0) is 21.6 Å². The van der Waals surface area contributed by atoms with Crippen molar-refractivity contribution < 1.29 is 13.2 Å². The molecule has 0 aromatic carbocycles. The third-order valence-corrected chi connectivity index (χ3v) is 6.27. The monoisotopic (exact) mass is 329 g/mol. The summed E-state index contributed by atoms with van der Waals surface area (Å²) in [6.45, 7) is 8.33. The van der Waals surface area contributed by atoms with Crippen molar-refractivity contribution in [1.82, 2.24) is 15.1 Å². The molecule has 3 atom stereocenters. The molecule has 1 aliphatic heterocycles. The van der Waals surface area contributed by atoms with Crippen molar-refractivity contribution in [3.05, 3.63) is 17.0 Å². The largest absolute Gasteiger partial charge is 0.372 e. The van der Waals surface area contributed by atoms with E-state index in [1.54, 1.807) is 6.92 Å². The van der Waals surface area contributed by atoms with Gasteiger partial charge in [-0.3, -0.25) is 4.68 Å². The van der Waals surface area contributed by atoms with E-state index >= 15 is 0 Å². The number of hydrogen-bond acceptors (Lipinski definition) is 5. The van der Waals surface area contributed by atoms with E-state index in [4.69, 9.17) is 4.74 Å². The molecule has 0 aliphatic carbocycles. The molecule has 0 spiro atoms. The van der Waals surface area contributed by atoms with Gasteiger partial charge in [0.1, 0.15) is 6.10 Å². The van der Waals surface area contributed by atoms with E-state index in [1.807, 2.05) is 32.5 Å². The molecule has 1 aromatic rings. The van der Waals surface area contributed by atoms with E-state index in [-0.39, 0.29) is 29.7 Å². The molecule has 0 saturated carbocycles. The minimum absolute atomic E-state index is 0.0551. The van der Waals surface area contributed by atoms with Crippen LogP contribution in [0.4, 0.5) is 0 Å². The second kappa shape index (κ2) is 6.68. The molecule has 0 bridgehead atoms. The summed E-state index contributed by atoms with van der Waals surface area (Å²) < 4.78 is 31.3. The van der Waals surface area contributed by atoms with Gasteiger partial charge >= 0.3 is 0 Å². The van der Waals surface area contributed by atoms with Gasteiger partial charge in [-0.1, -0.05) is 6.92 Å². The Morgan fingerprint density at radius 2 is 2.14 bits per heavy atom. The first-order valence-corrected chi connectivity index (χ1v) is 9.65. The number of nitrogens with zero attached hydrogens (tertiary/aromatic N) is 2. The van der Waals surface area contributed by atoms with Gasteiger partial charge in [0.25, 0.3) is 0 Å². The highest BCUT2D eigenvalue weighted by atomic mass is 32.2. The predicted molar refractivity (Wildman–Crippen MR) is 86.7 cm³/mol. The van der Waals surface area contributed by atoms with Crippen LogP contribution in [0.1, 0.15) is 43.3 Å². The lowest BCUT2D eigenvalue weighted by molar-refractivity contribution is 0.0962. The number of ether oxygens (including phenoxy) is 1. The van der Waals surface area contributed by atoms with Crippen molar-refractivity contribution in [2.24, 2.45) is 7.05 Å². The summed E-state index contributed by atoms with van der Waals surface area (Å²) in [5, 5.41) is 7.89. The molecule has 1 aliphatic rings. The third-order valence-electron chi connectivity index (χ3n) is 4.38. The van der Waals surface area contributed by atoms with Crippen LogP contribution in [0.3, 0.4) is 0 Å².